The molecule has 0 heterocycles. The zero-order valence-corrected chi connectivity index (χ0v) is 9.63. The summed E-state index contributed by atoms with van der Waals surface area (Å²) >= 11 is 0. The molecule has 0 saturated heterocycles. The van der Waals surface area contributed by atoms with E-state index < -0.39 is 12.0 Å². The van der Waals surface area contributed by atoms with E-state index >= 15 is 0 Å². The molecular formula is C16H16O. The van der Waals surface area contributed by atoms with Crippen molar-refractivity contribution in [2.75, 3.05) is 0 Å². The summed E-state index contributed by atoms with van der Waals surface area (Å²) in [6.07, 6.45) is 0.769. The molecule has 0 bridgehead atoms. The highest BCUT2D eigenvalue weighted by molar-refractivity contribution is 5.36. The number of aliphatic hydroxyl groups is 1. The first-order valence-electron chi connectivity index (χ1n) is 6.53. The molecule has 17 heavy (non-hydrogen) atoms. The molecule has 0 radical (unpaired) electrons. The largest absolute Gasteiger partial charge is 0.388 e. The van der Waals surface area contributed by atoms with Gasteiger partial charge >= 0.3 is 0 Å². The molecule has 3 rings (SSSR count). The molecular weight excluding hydrogens is 208 g/mol. The monoisotopic (exact) mass is 225 g/mol. The lowest BCUT2D eigenvalue weighted by Crippen LogP contribution is -2.18. The third-order valence-corrected chi connectivity index (χ3v) is 3.49. The normalized spacial score (nSPS) is 28.3. The Hall–Kier alpha value is -1.60. The topological polar surface area (TPSA) is 20.2 Å². The van der Waals surface area contributed by atoms with Gasteiger partial charge in [-0.3, -0.25) is 0 Å². The van der Waals surface area contributed by atoms with Crippen LogP contribution in [0.5, 0.6) is 0 Å². The highest BCUT2D eigenvalue weighted by Gasteiger charge is 2.28. The van der Waals surface area contributed by atoms with Crippen LogP contribution in [-0.4, -0.2) is 5.11 Å². The van der Waals surface area contributed by atoms with Crippen LogP contribution in [0.4, 0.5) is 0 Å². The molecule has 1 aliphatic carbocycles. The molecule has 0 aliphatic heterocycles. The maximum Gasteiger partial charge on any atom is 0.0861 e. The molecule has 1 heteroatoms. The van der Waals surface area contributed by atoms with Crippen LogP contribution in [0.3, 0.4) is 0 Å². The predicted octanol–water partition coefficient (Wildman–Crippen LogP) is 3.45. The van der Waals surface area contributed by atoms with Crippen LogP contribution in [0.25, 0.3) is 0 Å². The molecule has 0 amide bonds. The second-order valence-electron chi connectivity index (χ2n) is 4.49. The average molecular weight is 225 g/mol. The second-order valence-corrected chi connectivity index (χ2v) is 4.49. The number of fused-ring (bicyclic) bond motifs is 1. The molecule has 1 nitrogen and oxygen atoms in total. The van der Waals surface area contributed by atoms with Gasteiger partial charge in [0.2, 0.25) is 0 Å². The summed E-state index contributed by atoms with van der Waals surface area (Å²) < 4.78 is 8.65. The van der Waals surface area contributed by atoms with E-state index in [0.717, 1.165) is 17.5 Å². The van der Waals surface area contributed by atoms with Crippen LogP contribution in [0, 0.1) is 0 Å². The van der Waals surface area contributed by atoms with Crippen molar-refractivity contribution in [2.24, 2.45) is 0 Å². The molecule has 2 aromatic rings. The summed E-state index contributed by atoms with van der Waals surface area (Å²) in [4.78, 5) is 0. The van der Waals surface area contributed by atoms with Crippen molar-refractivity contribution in [3.05, 3.63) is 71.3 Å². The summed E-state index contributed by atoms with van der Waals surface area (Å²) in [6.45, 7) is 0. The van der Waals surface area contributed by atoms with Crippen LogP contribution in [-0.2, 0) is 6.42 Å². The van der Waals surface area contributed by atoms with E-state index in [0.29, 0.717) is 6.42 Å². The maximum absolute atomic E-state index is 10.5. The molecule has 2 aromatic carbocycles. The van der Waals surface area contributed by atoms with Crippen molar-refractivity contribution in [1.29, 1.82) is 0 Å². The zero-order chi connectivity index (χ0) is 12.6. The van der Waals surface area contributed by atoms with Crippen LogP contribution in [0.15, 0.2) is 54.6 Å². The fourth-order valence-electron chi connectivity index (χ4n) is 2.58. The van der Waals surface area contributed by atoms with Gasteiger partial charge in [0.15, 0.2) is 0 Å². The third kappa shape index (κ3) is 1.87. The average Bonchev–Trinajstić information content (AvgIpc) is 2.44. The first-order valence-corrected chi connectivity index (χ1v) is 6.03. The lowest BCUT2D eigenvalue weighted by Gasteiger charge is -2.30. The predicted molar refractivity (Wildman–Crippen MR) is 68.9 cm³/mol. The number of benzene rings is 2. The minimum Gasteiger partial charge on any atom is -0.388 e. The molecule has 0 spiro atoms. The third-order valence-electron chi connectivity index (χ3n) is 3.49. The Balaban J connectivity index is 2.07. The number of aryl methyl sites for hydroxylation is 1. The van der Waals surface area contributed by atoms with Gasteiger partial charge in [-0.05, 0) is 29.5 Å². The van der Waals surface area contributed by atoms with Crippen LogP contribution in [0.2, 0.25) is 0 Å². The van der Waals surface area contributed by atoms with Crippen LogP contribution in [0.1, 0.15) is 36.5 Å². The van der Waals surface area contributed by atoms with E-state index in [1.54, 1.807) is 0 Å². The van der Waals surface area contributed by atoms with Gasteiger partial charge in [0.25, 0.3) is 0 Å². The van der Waals surface area contributed by atoms with Gasteiger partial charge in [-0.1, -0.05) is 54.6 Å². The Morgan fingerprint density at radius 2 is 1.71 bits per heavy atom. The quantitative estimate of drug-likeness (QED) is 0.788. The van der Waals surface area contributed by atoms with Gasteiger partial charge in [-0.15, -0.1) is 0 Å². The van der Waals surface area contributed by atoms with Gasteiger partial charge in [-0.2, -0.15) is 0 Å². The lowest BCUT2D eigenvalue weighted by atomic mass is 9.78. The minimum atomic E-state index is -0.921. The van der Waals surface area contributed by atoms with Crippen LogP contribution < -0.4 is 0 Å². The number of hydrogen-bond donors (Lipinski definition) is 1. The van der Waals surface area contributed by atoms with Gasteiger partial charge < -0.3 is 5.11 Å². The summed E-state index contributed by atoms with van der Waals surface area (Å²) in [6, 6.07) is 17.6. The molecule has 1 N–H and O–H groups in total. The minimum absolute atomic E-state index is 0.662. The fourth-order valence-corrected chi connectivity index (χ4v) is 2.58. The van der Waals surface area contributed by atoms with Gasteiger partial charge in [0.1, 0.15) is 0 Å². The van der Waals surface area contributed by atoms with E-state index in [2.05, 4.69) is 0 Å². The zero-order valence-electron chi connectivity index (χ0n) is 10.6. The van der Waals surface area contributed by atoms with Crippen molar-refractivity contribution in [2.45, 2.75) is 24.8 Å². The molecule has 1 aliphatic rings. The van der Waals surface area contributed by atoms with E-state index in [4.69, 9.17) is 1.37 Å². The standard InChI is InChI=1S/C16H16O/c17-16-14-9-5-4-8-13(14)10-11-15(16)12-6-2-1-3-7-12/h1-9,15-17H,10-11H2/i15D. The van der Waals surface area contributed by atoms with Gasteiger partial charge in [0, 0.05) is 7.26 Å². The fraction of sp³-hybridized carbons (Fsp3) is 0.250. The van der Waals surface area contributed by atoms with E-state index in [1.165, 1.54) is 5.56 Å². The Bertz CT molecular complexity index is 552. The second kappa shape index (κ2) is 4.34. The Morgan fingerprint density at radius 1 is 1.00 bits per heavy atom. The Labute approximate surface area is 103 Å². The van der Waals surface area contributed by atoms with Crippen LogP contribution >= 0.6 is 0 Å². The number of hydrogen-bond acceptors (Lipinski definition) is 1. The molecule has 2 atom stereocenters. The van der Waals surface area contributed by atoms with E-state index in [1.807, 2.05) is 54.6 Å². The number of rotatable bonds is 1. The lowest BCUT2D eigenvalue weighted by molar-refractivity contribution is 0.131. The highest BCUT2D eigenvalue weighted by atomic mass is 16.3. The summed E-state index contributed by atoms with van der Waals surface area (Å²) in [7, 11) is 0. The maximum atomic E-state index is 10.5. The van der Waals surface area contributed by atoms with E-state index in [-0.39, 0.29) is 0 Å². The first-order chi connectivity index (χ1) is 8.72. The van der Waals surface area contributed by atoms with Gasteiger partial charge in [0.05, 0.1) is 6.10 Å². The van der Waals surface area contributed by atoms with Crippen molar-refractivity contribution in [3.63, 3.8) is 0 Å². The summed E-state index contributed by atoms with van der Waals surface area (Å²) in [5.74, 6) is -0.921. The highest BCUT2D eigenvalue weighted by Crippen LogP contribution is 2.40. The first kappa shape index (κ1) is 9.43. The van der Waals surface area contributed by atoms with E-state index in [9.17, 15) is 5.11 Å². The smallest absolute Gasteiger partial charge is 0.0861 e. The number of aliphatic hydroxyl groups excluding tert-OH is 1. The SMILES string of the molecule is [2H]C1(c2ccccc2)CCc2ccccc2C1O. The molecule has 0 aromatic heterocycles. The molecule has 86 valence electrons. The Morgan fingerprint density at radius 3 is 2.53 bits per heavy atom. The van der Waals surface area contributed by atoms with Crippen molar-refractivity contribution < 1.29 is 6.48 Å². The summed E-state index contributed by atoms with van der Waals surface area (Å²) in [5.41, 5.74) is 2.97. The van der Waals surface area contributed by atoms with Gasteiger partial charge in [-0.25, -0.2) is 0 Å². The Kier molecular flexibility index (Phi) is 2.41. The molecule has 0 fully saturated rings. The molecule has 2 unspecified atom stereocenters. The van der Waals surface area contributed by atoms with Crippen molar-refractivity contribution in [1.82, 2.24) is 0 Å². The van der Waals surface area contributed by atoms with Crippen molar-refractivity contribution >= 4 is 0 Å². The van der Waals surface area contributed by atoms with Crippen molar-refractivity contribution in [3.8, 4) is 0 Å². The molecule has 0 saturated carbocycles. The summed E-state index contributed by atoms with van der Waals surface area (Å²) in [5, 5.41) is 10.5.